The molecule has 0 N–H and O–H groups in total. The second-order valence-corrected chi connectivity index (χ2v) is 3.45. The second kappa shape index (κ2) is 4.91. The molecule has 0 spiro atoms. The summed E-state index contributed by atoms with van der Waals surface area (Å²) < 4.78 is 1.96. The number of nitrogens with zero attached hydrogens (tertiary/aromatic N) is 3. The van der Waals surface area contributed by atoms with Crippen molar-refractivity contribution in [3.63, 3.8) is 0 Å². The van der Waals surface area contributed by atoms with E-state index in [4.69, 9.17) is 0 Å². The van der Waals surface area contributed by atoms with Crippen LogP contribution in [0.1, 0.15) is 30.3 Å². The summed E-state index contributed by atoms with van der Waals surface area (Å²) in [6.07, 6.45) is 0.980. The summed E-state index contributed by atoms with van der Waals surface area (Å²) in [6, 6.07) is 0. The summed E-state index contributed by atoms with van der Waals surface area (Å²) in [5.41, 5.74) is 0.503. The number of halogens is 1. The molecule has 0 aromatic carbocycles. The van der Waals surface area contributed by atoms with Gasteiger partial charge in [0, 0.05) is 19.9 Å². The van der Waals surface area contributed by atoms with Crippen molar-refractivity contribution in [2.24, 2.45) is 7.05 Å². The molecule has 0 aliphatic carbocycles. The molecule has 0 aliphatic rings. The summed E-state index contributed by atoms with van der Waals surface area (Å²) in [4.78, 5) is 11.6. The minimum atomic E-state index is 0.00660. The van der Waals surface area contributed by atoms with Crippen molar-refractivity contribution >= 4 is 21.7 Å². The van der Waals surface area contributed by atoms with Gasteiger partial charge in [0.05, 0.1) is 0 Å². The molecule has 1 aromatic heterocycles. The summed E-state index contributed by atoms with van der Waals surface area (Å²) in [6.45, 7) is 1.76. The van der Waals surface area contributed by atoms with E-state index < -0.39 is 0 Å². The molecule has 5 heteroatoms. The Bertz CT molecular complexity index is 380. The van der Waals surface area contributed by atoms with Crippen molar-refractivity contribution < 1.29 is 4.79 Å². The van der Waals surface area contributed by atoms with Crippen molar-refractivity contribution in [2.45, 2.75) is 19.8 Å². The average Bonchev–Trinajstić information content (AvgIpc) is 2.46. The van der Waals surface area contributed by atoms with Gasteiger partial charge in [0.15, 0.2) is 10.4 Å². The van der Waals surface area contributed by atoms with Crippen molar-refractivity contribution in [1.82, 2.24) is 15.0 Å². The van der Waals surface area contributed by atoms with E-state index in [2.05, 4.69) is 38.1 Å². The van der Waals surface area contributed by atoms with E-state index in [1.165, 1.54) is 4.68 Å². The van der Waals surface area contributed by atoms with Crippen LogP contribution in [0.15, 0.2) is 4.60 Å². The first-order valence-electron chi connectivity index (χ1n) is 4.14. The molecule has 0 bridgehead atoms. The topological polar surface area (TPSA) is 47.8 Å². The first-order chi connectivity index (χ1) is 6.66. The fourth-order valence-corrected chi connectivity index (χ4v) is 1.60. The van der Waals surface area contributed by atoms with Crippen molar-refractivity contribution in [3.8, 4) is 11.8 Å². The third-order valence-electron chi connectivity index (χ3n) is 1.70. The predicted octanol–water partition coefficient (Wildman–Crippen LogP) is 1.56. The van der Waals surface area contributed by atoms with Gasteiger partial charge < -0.3 is 0 Å². The lowest BCUT2D eigenvalue weighted by atomic mass is 10.2. The van der Waals surface area contributed by atoms with Crippen molar-refractivity contribution in [1.29, 1.82) is 0 Å². The lowest BCUT2D eigenvalue weighted by Crippen LogP contribution is -2.07. The monoisotopic (exact) mass is 255 g/mol. The first-order valence-corrected chi connectivity index (χ1v) is 4.94. The van der Waals surface area contributed by atoms with Crippen LogP contribution in [0.5, 0.6) is 0 Å². The minimum absolute atomic E-state index is 0.00660. The molecule has 74 valence electrons. The number of aryl methyl sites for hydroxylation is 1. The van der Waals surface area contributed by atoms with E-state index in [9.17, 15) is 4.79 Å². The second-order valence-electron chi connectivity index (χ2n) is 2.70. The molecule has 1 heterocycles. The van der Waals surface area contributed by atoms with Gasteiger partial charge in [-0.1, -0.05) is 5.21 Å². The van der Waals surface area contributed by atoms with E-state index >= 15 is 0 Å². The van der Waals surface area contributed by atoms with Gasteiger partial charge in [0.1, 0.15) is 5.69 Å². The van der Waals surface area contributed by atoms with Gasteiger partial charge in [-0.25, -0.2) is 4.68 Å². The Morgan fingerprint density at radius 2 is 2.36 bits per heavy atom. The quantitative estimate of drug-likeness (QED) is 0.609. The van der Waals surface area contributed by atoms with Crippen LogP contribution in [0.2, 0.25) is 0 Å². The third kappa shape index (κ3) is 2.42. The van der Waals surface area contributed by atoms with Gasteiger partial charge in [0.25, 0.3) is 0 Å². The fourth-order valence-electron chi connectivity index (χ4n) is 1.05. The average molecular weight is 256 g/mol. The van der Waals surface area contributed by atoms with Crippen LogP contribution in [-0.2, 0) is 7.05 Å². The van der Waals surface area contributed by atoms with Crippen LogP contribution in [0.25, 0.3) is 0 Å². The van der Waals surface area contributed by atoms with E-state index in [-0.39, 0.29) is 5.78 Å². The Hall–Kier alpha value is -1.15. The van der Waals surface area contributed by atoms with Crippen LogP contribution >= 0.6 is 15.9 Å². The van der Waals surface area contributed by atoms with Gasteiger partial charge in [-0.2, -0.15) is 0 Å². The highest BCUT2D eigenvalue weighted by Gasteiger charge is 2.15. The molecule has 14 heavy (non-hydrogen) atoms. The number of carbonyl (C=O) groups excluding carboxylic acids is 1. The van der Waals surface area contributed by atoms with Gasteiger partial charge in [0.2, 0.25) is 0 Å². The van der Waals surface area contributed by atoms with Crippen LogP contribution in [0.4, 0.5) is 0 Å². The van der Waals surface area contributed by atoms with Crippen LogP contribution < -0.4 is 0 Å². The number of ketones is 1. The molecular weight excluding hydrogens is 246 g/mol. The Kier molecular flexibility index (Phi) is 3.84. The fraction of sp³-hybridized carbons (Fsp3) is 0.444. The van der Waals surface area contributed by atoms with Gasteiger partial charge in [-0.15, -0.1) is 16.9 Å². The first kappa shape index (κ1) is 10.9. The van der Waals surface area contributed by atoms with Crippen LogP contribution in [0, 0.1) is 11.8 Å². The molecule has 0 saturated carbocycles. The standard InChI is InChI=1S/C9H10BrN3O/c1-3-4-5-6-7(14)8-9(10)11-12-13(8)2/h5-6H2,1-2H3. The number of rotatable bonds is 3. The van der Waals surface area contributed by atoms with Crippen molar-refractivity contribution in [2.75, 3.05) is 0 Å². The summed E-state index contributed by atoms with van der Waals surface area (Å²) in [7, 11) is 1.69. The maximum absolute atomic E-state index is 11.6. The molecule has 0 unspecified atom stereocenters. The molecule has 1 rings (SSSR count). The number of aromatic nitrogens is 3. The van der Waals surface area contributed by atoms with Crippen LogP contribution in [-0.4, -0.2) is 20.8 Å². The summed E-state index contributed by atoms with van der Waals surface area (Å²) in [5.74, 6) is 5.60. The molecule has 0 amide bonds. The zero-order chi connectivity index (χ0) is 10.6. The Labute approximate surface area is 90.8 Å². The number of Topliss-reactive ketones (excluding diaryl/α,β-unsaturated/α-hetero) is 1. The predicted molar refractivity (Wildman–Crippen MR) is 55.7 cm³/mol. The molecule has 1 aromatic rings. The number of hydrogen-bond donors (Lipinski definition) is 0. The maximum atomic E-state index is 11.6. The third-order valence-corrected chi connectivity index (χ3v) is 2.24. The SMILES string of the molecule is CC#CCCC(=O)c1c(Br)nnn1C. The maximum Gasteiger partial charge on any atom is 0.184 e. The lowest BCUT2D eigenvalue weighted by molar-refractivity contribution is 0.0974. The normalized spacial score (nSPS) is 9.36. The van der Waals surface area contributed by atoms with E-state index in [0.29, 0.717) is 23.1 Å². The zero-order valence-corrected chi connectivity index (χ0v) is 9.63. The highest BCUT2D eigenvalue weighted by atomic mass is 79.9. The molecule has 0 fully saturated rings. The molecule has 0 radical (unpaired) electrons. The summed E-state index contributed by atoms with van der Waals surface area (Å²) in [5, 5.41) is 7.47. The minimum Gasteiger partial charge on any atom is -0.292 e. The Morgan fingerprint density at radius 3 is 2.86 bits per heavy atom. The van der Waals surface area contributed by atoms with E-state index in [1.807, 2.05) is 0 Å². The van der Waals surface area contributed by atoms with Crippen molar-refractivity contribution in [3.05, 3.63) is 10.3 Å². The van der Waals surface area contributed by atoms with E-state index in [0.717, 1.165) is 0 Å². The highest BCUT2D eigenvalue weighted by Crippen LogP contribution is 2.14. The van der Waals surface area contributed by atoms with E-state index in [1.54, 1.807) is 14.0 Å². The zero-order valence-electron chi connectivity index (χ0n) is 8.04. The molecule has 0 aliphatic heterocycles. The van der Waals surface area contributed by atoms with Gasteiger partial charge >= 0.3 is 0 Å². The number of carbonyl (C=O) groups is 1. The number of hydrogen-bond acceptors (Lipinski definition) is 3. The largest absolute Gasteiger partial charge is 0.292 e. The van der Waals surface area contributed by atoms with Gasteiger partial charge in [-0.3, -0.25) is 4.79 Å². The summed E-state index contributed by atoms with van der Waals surface area (Å²) >= 11 is 3.18. The lowest BCUT2D eigenvalue weighted by Gasteiger charge is -1.97. The molecule has 4 nitrogen and oxygen atoms in total. The highest BCUT2D eigenvalue weighted by molar-refractivity contribution is 9.10. The molecule has 0 atom stereocenters. The Morgan fingerprint density at radius 1 is 1.64 bits per heavy atom. The van der Waals surface area contributed by atoms with Gasteiger partial charge in [-0.05, 0) is 22.9 Å². The smallest absolute Gasteiger partial charge is 0.184 e. The molecular formula is C9H10BrN3O. The van der Waals surface area contributed by atoms with Crippen LogP contribution in [0.3, 0.4) is 0 Å². The Balaban J connectivity index is 2.72. The molecule has 0 saturated heterocycles.